The number of pyridine rings is 4. The predicted octanol–water partition coefficient (Wildman–Crippen LogP) is 15.9. The number of furan rings is 1. The molecule has 68 heavy (non-hydrogen) atoms. The van der Waals surface area contributed by atoms with Crippen molar-refractivity contribution in [3.63, 3.8) is 0 Å². The fraction of sp³-hybridized carbons (Fsp3) is 0.302. The first-order valence-electron chi connectivity index (χ1n) is 29.1. The van der Waals surface area contributed by atoms with E-state index in [4.69, 9.17) is 27.6 Å². The zero-order chi connectivity index (χ0) is 54.5. The van der Waals surface area contributed by atoms with Gasteiger partial charge in [-0.3, -0.25) is 15.0 Å². The van der Waals surface area contributed by atoms with E-state index < -0.39 is 37.3 Å². The molecule has 5 heterocycles. The molecule has 4 unspecified atom stereocenters. The zero-order valence-corrected chi connectivity index (χ0v) is 38.4. The van der Waals surface area contributed by atoms with Crippen LogP contribution < -0.4 is 0 Å². The van der Waals surface area contributed by atoms with Gasteiger partial charge >= 0.3 is 0 Å². The summed E-state index contributed by atoms with van der Waals surface area (Å²) in [6.45, 7) is -3.57. The minimum Gasteiger partial charge on any atom is -0.437 e. The maximum Gasteiger partial charge on any atom is 0.227 e. The monoisotopic (exact) mass is 899 g/mol. The highest BCUT2D eigenvalue weighted by Gasteiger charge is 2.62. The molecule has 0 spiro atoms. The number of fused-ring (bicyclic) bond motifs is 3. The molecule has 0 saturated heterocycles. The van der Waals surface area contributed by atoms with Crippen molar-refractivity contribution in [2.24, 2.45) is 22.2 Å². The van der Waals surface area contributed by atoms with Gasteiger partial charge in [0.25, 0.3) is 0 Å². The molecule has 5 heteroatoms. The number of aromatic nitrogens is 4. The summed E-state index contributed by atoms with van der Waals surface area (Å²) in [4.78, 5) is 19.3. The standard InChI is InChI=1S/C63H60N4O/c1-42-17-21-50(31-43(42)2)55-32-58(54-16-10-15-52-53-22-18-44(3)67-60(53)68-59(52)54)66-38-51(55)27-30-63-35-47-33-61(40-63,28-25-45-19-23-56(64-36-45)48-11-6-4-7-12-48)39-62(34-47,41-63)29-26-46-20-24-57(65-37-46)49-13-8-5-9-14-49/h4-24,31-32,36-38,47H,25-30,33-35,39-41H2,1-3H3/i1D3,2D3,28D2,30D2. The van der Waals surface area contributed by atoms with E-state index in [0.717, 1.165) is 69.4 Å². The minimum atomic E-state index is -2.77. The Morgan fingerprint density at radius 3 is 1.91 bits per heavy atom. The van der Waals surface area contributed by atoms with Gasteiger partial charge in [0.2, 0.25) is 5.71 Å². The summed E-state index contributed by atoms with van der Waals surface area (Å²) in [6.07, 6.45) is 7.08. The second-order valence-corrected chi connectivity index (χ2v) is 20.2. The highest BCUT2D eigenvalue weighted by Crippen LogP contribution is 2.73. The summed E-state index contributed by atoms with van der Waals surface area (Å²) in [7, 11) is 0. The molecule has 5 nitrogen and oxygen atoms in total. The van der Waals surface area contributed by atoms with Gasteiger partial charge < -0.3 is 4.42 Å². The van der Waals surface area contributed by atoms with Gasteiger partial charge in [-0.1, -0.05) is 103 Å². The van der Waals surface area contributed by atoms with E-state index in [1.165, 1.54) is 12.1 Å². The molecule has 4 saturated carbocycles. The van der Waals surface area contributed by atoms with Crippen LogP contribution in [0, 0.1) is 42.8 Å². The molecule has 4 aliphatic carbocycles. The van der Waals surface area contributed by atoms with E-state index >= 15 is 0 Å². The summed E-state index contributed by atoms with van der Waals surface area (Å²) in [5.74, 6) is 0.0837. The molecule has 13 rings (SSSR count). The number of benzene rings is 4. The van der Waals surface area contributed by atoms with Crippen LogP contribution in [0.2, 0.25) is 0 Å². The SMILES string of the molecule is [2H]C([2H])([2H])c1ccc(-c2cc(-c3cccc4c3oc3nc(C)ccc34)ncc2CC([2H])([2H])C23CC4CC(CCc5ccc(-c6ccccc6)nc5)(CC(C([2H])([2H])Cc5ccc(-c6ccccc6)nc5)(C4)C2)C3)cc1C([2H])([2H])[2H]. The van der Waals surface area contributed by atoms with Gasteiger partial charge in [0.05, 0.1) is 17.1 Å². The van der Waals surface area contributed by atoms with Gasteiger partial charge in [-0.15, -0.1) is 0 Å². The van der Waals surface area contributed by atoms with Crippen molar-refractivity contribution in [2.45, 2.75) is 97.6 Å². The first-order chi connectivity index (χ1) is 37.1. The molecule has 0 N–H and O–H groups in total. The Hall–Kier alpha value is -6.72. The molecule has 338 valence electrons. The van der Waals surface area contributed by atoms with Crippen LogP contribution in [-0.4, -0.2) is 19.9 Å². The lowest BCUT2D eigenvalue weighted by Crippen LogP contribution is -2.57. The largest absolute Gasteiger partial charge is 0.437 e. The fourth-order valence-electron chi connectivity index (χ4n) is 12.7. The van der Waals surface area contributed by atoms with E-state index in [-0.39, 0.29) is 35.3 Å². The maximum absolute atomic E-state index is 10.6. The Kier molecular flexibility index (Phi) is 8.27. The number of hydrogen-bond acceptors (Lipinski definition) is 5. The van der Waals surface area contributed by atoms with Crippen LogP contribution in [0.4, 0.5) is 0 Å². The van der Waals surface area contributed by atoms with Crippen LogP contribution in [0.5, 0.6) is 0 Å². The summed E-state index contributed by atoms with van der Waals surface area (Å²) < 4.78 is 98.5. The summed E-state index contributed by atoms with van der Waals surface area (Å²) in [6, 6.07) is 44.1. The Morgan fingerprint density at radius 1 is 0.559 bits per heavy atom. The molecule has 5 aromatic heterocycles. The molecule has 4 aliphatic rings. The van der Waals surface area contributed by atoms with Gasteiger partial charge in [-0.05, 0) is 195 Å². The van der Waals surface area contributed by atoms with Crippen LogP contribution in [0.1, 0.15) is 105 Å². The quantitative estimate of drug-likeness (QED) is 0.115. The highest BCUT2D eigenvalue weighted by atomic mass is 16.3. The van der Waals surface area contributed by atoms with E-state index in [9.17, 15) is 5.48 Å². The molecule has 9 aromatic rings. The Balaban J connectivity index is 0.947. The normalized spacial score (nSPS) is 24.8. The van der Waals surface area contributed by atoms with Gasteiger partial charge in [-0.2, -0.15) is 0 Å². The Morgan fingerprint density at radius 2 is 1.22 bits per heavy atom. The van der Waals surface area contributed by atoms with Crippen molar-refractivity contribution in [3.8, 4) is 44.9 Å². The van der Waals surface area contributed by atoms with Crippen molar-refractivity contribution in [2.75, 3.05) is 0 Å². The van der Waals surface area contributed by atoms with E-state index in [1.54, 1.807) is 18.5 Å². The third kappa shape index (κ3) is 8.14. The average Bonchev–Trinajstić information content (AvgIpc) is 3.92. The van der Waals surface area contributed by atoms with E-state index in [1.807, 2.05) is 122 Å². The van der Waals surface area contributed by atoms with Crippen LogP contribution in [0.3, 0.4) is 0 Å². The lowest BCUT2D eigenvalue weighted by atomic mass is 9.37. The number of hydrogen-bond donors (Lipinski definition) is 0. The van der Waals surface area contributed by atoms with Gasteiger partial charge in [0.1, 0.15) is 5.58 Å². The molecule has 4 fully saturated rings. The van der Waals surface area contributed by atoms with E-state index in [0.29, 0.717) is 71.3 Å². The summed E-state index contributed by atoms with van der Waals surface area (Å²) in [5, 5.41) is 1.69. The van der Waals surface area contributed by atoms with Crippen molar-refractivity contribution in [1.82, 2.24) is 19.9 Å². The Bertz CT molecular complexity index is 3710. The lowest BCUT2D eigenvalue weighted by Gasteiger charge is -2.67. The van der Waals surface area contributed by atoms with Crippen molar-refractivity contribution in [1.29, 1.82) is 0 Å². The Labute approximate surface area is 415 Å². The van der Waals surface area contributed by atoms with Crippen molar-refractivity contribution >= 4 is 22.1 Å². The topological polar surface area (TPSA) is 64.7 Å². The third-order valence-corrected chi connectivity index (χ3v) is 15.3. The van der Waals surface area contributed by atoms with Crippen molar-refractivity contribution < 1.29 is 18.1 Å². The third-order valence-electron chi connectivity index (χ3n) is 15.3. The summed E-state index contributed by atoms with van der Waals surface area (Å²) in [5.41, 5.74) is 7.40. The predicted molar refractivity (Wildman–Crippen MR) is 277 cm³/mol. The number of rotatable bonds is 13. The molecule has 4 bridgehead atoms. The average molecular weight is 899 g/mol. The zero-order valence-electron chi connectivity index (χ0n) is 48.4. The number of para-hydroxylation sites is 1. The molecule has 0 amide bonds. The van der Waals surface area contributed by atoms with Crippen LogP contribution in [0.25, 0.3) is 67.0 Å². The second-order valence-electron chi connectivity index (χ2n) is 20.2. The summed E-state index contributed by atoms with van der Waals surface area (Å²) >= 11 is 0. The molecule has 4 atom stereocenters. The minimum absolute atomic E-state index is 0.0837. The highest BCUT2D eigenvalue weighted by molar-refractivity contribution is 6.08. The van der Waals surface area contributed by atoms with Crippen LogP contribution in [-0.2, 0) is 19.3 Å². The number of nitrogens with zero attached hydrogens (tertiary/aromatic N) is 4. The maximum atomic E-state index is 10.6. The first kappa shape index (κ1) is 32.9. The molecule has 4 aromatic carbocycles. The van der Waals surface area contributed by atoms with E-state index in [2.05, 4.69) is 17.1 Å². The molecule has 0 radical (unpaired) electrons. The van der Waals surface area contributed by atoms with Crippen molar-refractivity contribution in [3.05, 3.63) is 192 Å². The van der Waals surface area contributed by atoms with Gasteiger partial charge in [0.15, 0.2) is 0 Å². The second kappa shape index (κ2) is 17.1. The number of aryl methyl sites for hydroxylation is 6. The molecule has 0 aliphatic heterocycles. The van der Waals surface area contributed by atoms with Crippen LogP contribution in [0.15, 0.2) is 163 Å². The van der Waals surface area contributed by atoms with Gasteiger partial charge in [-0.25, -0.2) is 4.98 Å². The smallest absolute Gasteiger partial charge is 0.227 e. The molecular formula is C63H60N4O. The fourth-order valence-corrected chi connectivity index (χ4v) is 12.7. The first-order valence-corrected chi connectivity index (χ1v) is 24.1. The molecular weight excluding hydrogens is 829 g/mol. The van der Waals surface area contributed by atoms with Gasteiger partial charge in [0, 0.05) is 65.5 Å². The van der Waals surface area contributed by atoms with Crippen LogP contribution >= 0.6 is 0 Å². The lowest BCUT2D eigenvalue weighted by molar-refractivity contribution is -0.166.